The van der Waals surface area contributed by atoms with Gasteiger partial charge < -0.3 is 19.3 Å². The van der Waals surface area contributed by atoms with Gasteiger partial charge in [0.15, 0.2) is 6.10 Å². The molecule has 8 heteroatoms. The van der Waals surface area contributed by atoms with Crippen LogP contribution in [0.25, 0.3) is 0 Å². The molecule has 0 rings (SSSR count). The summed E-state index contributed by atoms with van der Waals surface area (Å²) in [5.74, 6) is -1.60. The van der Waals surface area contributed by atoms with Crippen molar-refractivity contribution in [1.82, 2.24) is 0 Å². The van der Waals surface area contributed by atoms with Gasteiger partial charge in [-0.1, -0.05) is 260 Å². The SMILES string of the molecule is CC/C=C\C/C=C\C/C=C\CCCCCCCC(=O)OC(COC(=O)CCCCCCC/C=C\C/C=C\CCCCC)COC(=O)CCCCCCC/C=C\CCCCCCCC.CCCCC/C=C\C/C=C\CCCCCCCC(=O)O. The van der Waals surface area contributed by atoms with Crippen LogP contribution in [-0.2, 0) is 33.4 Å². The largest absolute Gasteiger partial charge is 0.481 e. The number of carbonyl (C=O) groups is 4. The van der Waals surface area contributed by atoms with Crippen molar-refractivity contribution in [2.45, 2.75) is 342 Å². The van der Waals surface area contributed by atoms with Crippen LogP contribution in [0.4, 0.5) is 0 Å². The Morgan fingerprint density at radius 3 is 0.855 bits per heavy atom. The number of rotatable bonds is 61. The predicted molar refractivity (Wildman–Crippen MR) is 357 cm³/mol. The number of carboxylic acids is 1. The first-order chi connectivity index (χ1) is 40.8. The summed E-state index contributed by atoms with van der Waals surface area (Å²) in [5.41, 5.74) is 0. The quantitative estimate of drug-likeness (QED) is 0.0277. The van der Waals surface area contributed by atoms with Gasteiger partial charge in [0, 0.05) is 25.7 Å². The second kappa shape index (κ2) is 72.1. The van der Waals surface area contributed by atoms with Crippen LogP contribution in [0.3, 0.4) is 0 Å². The van der Waals surface area contributed by atoms with Crippen LogP contribution in [0.5, 0.6) is 0 Å². The Morgan fingerprint density at radius 1 is 0.289 bits per heavy atom. The summed E-state index contributed by atoms with van der Waals surface area (Å²) in [6, 6.07) is 0. The molecule has 0 aromatic carbocycles. The first-order valence-corrected chi connectivity index (χ1v) is 34.7. The number of aliphatic carboxylic acids is 1. The Balaban J connectivity index is 0. The number of allylic oxidation sites excluding steroid dienone is 16. The Labute approximate surface area is 512 Å². The average Bonchev–Trinajstić information content (AvgIpc) is 3.48. The minimum atomic E-state index is -0.793. The highest BCUT2D eigenvalue weighted by molar-refractivity contribution is 5.71. The van der Waals surface area contributed by atoms with Crippen LogP contribution in [-0.4, -0.2) is 48.3 Å². The normalized spacial score (nSPS) is 12.4. The standard InChI is InChI=1S/C57H98O6.C18H32O2/c1-4-7-10-13-16-19-22-25-28-31-34-37-40-43-46-49-55(58)61-52-54(63-57(60)51-48-45-42-39-36-33-30-27-24-21-18-15-12-9-6-3)53-62-56(59)50-47-44-41-38-35-32-29-26-23-20-17-14-11-8-5-2;1-2-3-4-5-6-7-8-9-10-11-12-13-14-15-16-17-18(19)20/h9,12,16,18-19,21,25-30,54H,4-8,10-11,13-15,17,20,22-24,31-53H2,1-3H3;6-7,9-10H,2-5,8,11-17H2,1H3,(H,19,20)/b12-9-,19-16-,21-18-,28-25-,29-26-,30-27-;7-6-,10-9-. The zero-order valence-electron chi connectivity index (χ0n) is 54.5. The van der Waals surface area contributed by atoms with Crippen LogP contribution >= 0.6 is 0 Å². The topological polar surface area (TPSA) is 116 Å². The maximum Gasteiger partial charge on any atom is 0.306 e. The average molecular weight is 1160 g/mol. The second-order valence-electron chi connectivity index (χ2n) is 22.8. The van der Waals surface area contributed by atoms with Crippen molar-refractivity contribution in [2.75, 3.05) is 13.2 Å². The first kappa shape index (κ1) is 80.9. The fourth-order valence-electron chi connectivity index (χ4n) is 9.27. The monoisotopic (exact) mass is 1160 g/mol. The van der Waals surface area contributed by atoms with E-state index < -0.39 is 12.1 Å². The lowest BCUT2D eigenvalue weighted by Gasteiger charge is -2.18. The Hall–Kier alpha value is -4.20. The lowest BCUT2D eigenvalue weighted by Crippen LogP contribution is -2.30. The molecule has 0 heterocycles. The van der Waals surface area contributed by atoms with Crippen LogP contribution in [0, 0.1) is 0 Å². The molecule has 0 aromatic heterocycles. The molecule has 1 N–H and O–H groups in total. The molecule has 0 radical (unpaired) electrons. The summed E-state index contributed by atoms with van der Waals surface area (Å²) in [5, 5.41) is 8.50. The van der Waals surface area contributed by atoms with Gasteiger partial charge in [-0.3, -0.25) is 19.2 Å². The third-order valence-electron chi connectivity index (χ3n) is 14.5. The van der Waals surface area contributed by atoms with E-state index in [4.69, 9.17) is 19.3 Å². The summed E-state index contributed by atoms with van der Waals surface area (Å²) in [4.78, 5) is 48.3. The minimum Gasteiger partial charge on any atom is -0.481 e. The lowest BCUT2D eigenvalue weighted by molar-refractivity contribution is -0.167. The van der Waals surface area contributed by atoms with E-state index >= 15 is 0 Å². The van der Waals surface area contributed by atoms with Crippen LogP contribution in [0.1, 0.15) is 336 Å². The van der Waals surface area contributed by atoms with Gasteiger partial charge in [-0.25, -0.2) is 0 Å². The van der Waals surface area contributed by atoms with E-state index in [-0.39, 0.29) is 31.1 Å². The van der Waals surface area contributed by atoms with E-state index in [9.17, 15) is 19.2 Å². The van der Waals surface area contributed by atoms with Gasteiger partial charge in [-0.2, -0.15) is 0 Å². The summed E-state index contributed by atoms with van der Waals surface area (Å²) in [6.07, 6.45) is 86.8. The maximum atomic E-state index is 12.8. The van der Waals surface area contributed by atoms with E-state index in [2.05, 4.69) is 125 Å². The number of hydrogen-bond donors (Lipinski definition) is 1. The molecule has 0 aliphatic carbocycles. The fourth-order valence-corrected chi connectivity index (χ4v) is 9.27. The van der Waals surface area contributed by atoms with Crippen LogP contribution in [0.2, 0.25) is 0 Å². The van der Waals surface area contributed by atoms with Crippen LogP contribution in [0.15, 0.2) is 97.2 Å². The lowest BCUT2D eigenvalue weighted by atomic mass is 10.1. The molecule has 1 unspecified atom stereocenters. The predicted octanol–water partition coefficient (Wildman–Crippen LogP) is 23.3. The van der Waals surface area contributed by atoms with Crippen molar-refractivity contribution < 1.29 is 38.5 Å². The zero-order valence-corrected chi connectivity index (χ0v) is 54.5. The molecule has 478 valence electrons. The molecular weight excluding hydrogens is 1030 g/mol. The number of ether oxygens (including phenoxy) is 3. The summed E-state index contributed by atoms with van der Waals surface area (Å²) >= 11 is 0. The number of unbranched alkanes of at least 4 members (excludes halogenated alkanes) is 32. The van der Waals surface area contributed by atoms with Crippen molar-refractivity contribution in [3.63, 3.8) is 0 Å². The van der Waals surface area contributed by atoms with E-state index in [0.717, 1.165) is 154 Å². The Kier molecular flexibility index (Phi) is 70.2. The summed E-state index contributed by atoms with van der Waals surface area (Å²) < 4.78 is 16.8. The molecule has 0 fully saturated rings. The third-order valence-corrected chi connectivity index (χ3v) is 14.5. The third kappa shape index (κ3) is 73.9. The van der Waals surface area contributed by atoms with E-state index in [1.54, 1.807) is 0 Å². The number of esters is 3. The molecule has 83 heavy (non-hydrogen) atoms. The number of carboxylic acid groups (broad SMARTS) is 1. The van der Waals surface area contributed by atoms with Crippen molar-refractivity contribution in [1.29, 1.82) is 0 Å². The molecule has 0 saturated carbocycles. The second-order valence-corrected chi connectivity index (χ2v) is 22.8. The highest BCUT2D eigenvalue weighted by atomic mass is 16.6. The molecule has 1 atom stereocenters. The highest BCUT2D eigenvalue weighted by Crippen LogP contribution is 2.15. The van der Waals surface area contributed by atoms with Gasteiger partial charge in [0.05, 0.1) is 0 Å². The van der Waals surface area contributed by atoms with E-state index in [1.807, 2.05) is 0 Å². The van der Waals surface area contributed by atoms with Crippen LogP contribution < -0.4 is 0 Å². The molecule has 0 spiro atoms. The molecule has 0 bridgehead atoms. The molecule has 0 aromatic rings. The van der Waals surface area contributed by atoms with Gasteiger partial charge >= 0.3 is 23.9 Å². The molecule has 0 aliphatic rings. The smallest absolute Gasteiger partial charge is 0.306 e. The molecule has 8 nitrogen and oxygen atoms in total. The molecule has 0 saturated heterocycles. The minimum absolute atomic E-state index is 0.0914. The zero-order chi connectivity index (χ0) is 60.7. The Bertz CT molecular complexity index is 1650. The summed E-state index contributed by atoms with van der Waals surface area (Å²) in [6.45, 7) is 8.70. The van der Waals surface area contributed by atoms with Crippen molar-refractivity contribution in [3.05, 3.63) is 97.2 Å². The van der Waals surface area contributed by atoms with Gasteiger partial charge in [0.1, 0.15) is 13.2 Å². The van der Waals surface area contributed by atoms with E-state index in [1.165, 1.54) is 128 Å². The summed E-state index contributed by atoms with van der Waals surface area (Å²) in [7, 11) is 0. The van der Waals surface area contributed by atoms with Gasteiger partial charge in [0.25, 0.3) is 0 Å². The van der Waals surface area contributed by atoms with Gasteiger partial charge in [-0.15, -0.1) is 0 Å². The van der Waals surface area contributed by atoms with Crippen molar-refractivity contribution in [3.8, 4) is 0 Å². The molecular formula is C75H130O8. The Morgan fingerprint density at radius 2 is 0.530 bits per heavy atom. The first-order valence-electron chi connectivity index (χ1n) is 34.7. The molecule has 0 aliphatic heterocycles. The van der Waals surface area contributed by atoms with E-state index in [0.29, 0.717) is 25.7 Å². The van der Waals surface area contributed by atoms with Gasteiger partial charge in [0.2, 0.25) is 0 Å². The molecule has 0 amide bonds. The number of carbonyl (C=O) groups excluding carboxylic acids is 3. The van der Waals surface area contributed by atoms with Crippen molar-refractivity contribution >= 4 is 23.9 Å². The number of hydrogen-bond acceptors (Lipinski definition) is 7. The van der Waals surface area contributed by atoms with Crippen molar-refractivity contribution in [2.24, 2.45) is 0 Å². The van der Waals surface area contributed by atoms with Gasteiger partial charge in [-0.05, 0) is 148 Å². The maximum absolute atomic E-state index is 12.8. The fraction of sp³-hybridized carbons (Fsp3) is 0.733. The highest BCUT2D eigenvalue weighted by Gasteiger charge is 2.19.